The SMILES string of the molecule is Cc1cccc2c1O[B@-]1(c3ccccc3)n3c(ccc3-2)C(c2ccccc2)=C2C=CC=[N+]21. The normalized spacial score (nSPS) is 19.7. The van der Waals surface area contributed by atoms with Crippen LogP contribution in [0.25, 0.3) is 16.8 Å². The van der Waals surface area contributed by atoms with Gasteiger partial charge in [0.1, 0.15) is 6.21 Å². The van der Waals surface area contributed by atoms with Gasteiger partial charge in [-0.25, -0.2) is 0 Å². The fourth-order valence-corrected chi connectivity index (χ4v) is 5.68. The van der Waals surface area contributed by atoms with E-state index in [1.54, 1.807) is 0 Å². The Morgan fingerprint density at radius 2 is 1.53 bits per heavy atom. The number of fused-ring (bicyclic) bond motifs is 4. The Bertz CT molecular complexity index is 1500. The standard InChI is InChI=1S/C28H21BN2O/c1-20-10-8-15-23-24-17-18-26-27(21-11-4-2-5-12-21)25-16-9-19-30(25)29(31(24)26,32-28(20)23)22-13-6-3-7-14-22/h2-19H,1H3/t29-/m0/s1. The number of allylic oxidation sites excluding steroid dienone is 2. The summed E-state index contributed by atoms with van der Waals surface area (Å²) >= 11 is 0. The number of hydrogen-bond donors (Lipinski definition) is 0. The molecular formula is C28H21BN2O. The van der Waals surface area contributed by atoms with Crippen LogP contribution >= 0.6 is 0 Å². The molecule has 0 spiro atoms. The Kier molecular flexibility index (Phi) is 3.43. The van der Waals surface area contributed by atoms with Crippen molar-refractivity contribution in [3.63, 3.8) is 0 Å². The Morgan fingerprint density at radius 3 is 2.34 bits per heavy atom. The minimum atomic E-state index is -1.75. The topological polar surface area (TPSA) is 17.2 Å². The first-order valence-corrected chi connectivity index (χ1v) is 11.1. The lowest BCUT2D eigenvalue weighted by Crippen LogP contribution is -2.70. The van der Waals surface area contributed by atoms with Crippen molar-refractivity contribution in [2.24, 2.45) is 0 Å². The third-order valence-electron chi connectivity index (χ3n) is 7.00. The van der Waals surface area contributed by atoms with Gasteiger partial charge in [-0.05, 0) is 36.2 Å². The van der Waals surface area contributed by atoms with Crippen LogP contribution in [0.1, 0.15) is 16.8 Å². The van der Waals surface area contributed by atoms with Crippen LogP contribution in [0, 0.1) is 6.92 Å². The monoisotopic (exact) mass is 412 g/mol. The Hall–Kier alpha value is -4.05. The zero-order chi connectivity index (χ0) is 21.3. The quantitative estimate of drug-likeness (QED) is 0.425. The lowest BCUT2D eigenvalue weighted by Gasteiger charge is -2.47. The molecule has 0 bridgehead atoms. The maximum atomic E-state index is 7.15. The average Bonchev–Trinajstić information content (AvgIpc) is 3.51. The van der Waals surface area contributed by atoms with Gasteiger partial charge in [-0.3, -0.25) is 0 Å². The van der Waals surface area contributed by atoms with Crippen LogP contribution in [0.5, 0.6) is 5.75 Å². The van der Waals surface area contributed by atoms with E-state index in [2.05, 4.69) is 125 Å². The minimum absolute atomic E-state index is 0.969. The first kappa shape index (κ1) is 17.6. The predicted octanol–water partition coefficient (Wildman–Crippen LogP) is 4.98. The van der Waals surface area contributed by atoms with E-state index in [1.165, 1.54) is 28.2 Å². The molecule has 0 radical (unpaired) electrons. The molecular weight excluding hydrogens is 391 g/mol. The molecule has 3 aliphatic rings. The van der Waals surface area contributed by atoms with Crippen LogP contribution in [-0.4, -0.2) is 21.8 Å². The summed E-state index contributed by atoms with van der Waals surface area (Å²) in [6.07, 6.45) is 6.51. The van der Waals surface area contributed by atoms with Crippen molar-refractivity contribution in [2.45, 2.75) is 6.92 Å². The molecule has 3 aliphatic heterocycles. The van der Waals surface area contributed by atoms with Crippen molar-refractivity contribution in [1.82, 2.24) is 4.48 Å². The summed E-state index contributed by atoms with van der Waals surface area (Å²) in [5.74, 6) is 0.969. The number of para-hydroxylation sites is 1. The summed E-state index contributed by atoms with van der Waals surface area (Å²) in [4.78, 5) is 0. The van der Waals surface area contributed by atoms with E-state index >= 15 is 0 Å². The summed E-state index contributed by atoms with van der Waals surface area (Å²) in [7, 11) is 0. The van der Waals surface area contributed by atoms with Crippen LogP contribution in [0.15, 0.2) is 109 Å². The summed E-state index contributed by atoms with van der Waals surface area (Å²) in [6.45, 7) is 0.385. The van der Waals surface area contributed by atoms with Crippen molar-refractivity contribution < 1.29 is 9.14 Å². The molecule has 0 N–H and O–H groups in total. The number of benzene rings is 3. The molecule has 152 valence electrons. The second-order valence-electron chi connectivity index (χ2n) is 8.70. The Labute approximate surface area is 187 Å². The highest BCUT2D eigenvalue weighted by Gasteiger charge is 2.56. The second-order valence-corrected chi connectivity index (χ2v) is 8.70. The van der Waals surface area contributed by atoms with Gasteiger partial charge in [0.05, 0.1) is 11.3 Å². The molecule has 32 heavy (non-hydrogen) atoms. The molecule has 4 heteroatoms. The first-order chi connectivity index (χ1) is 15.8. The van der Waals surface area contributed by atoms with Gasteiger partial charge in [0.2, 0.25) is 0 Å². The molecule has 3 nitrogen and oxygen atoms in total. The lowest BCUT2D eigenvalue weighted by molar-refractivity contribution is -0.342. The Balaban J connectivity index is 1.64. The highest BCUT2D eigenvalue weighted by atomic mass is 16.5. The number of nitrogens with zero attached hydrogens (tertiary/aromatic N) is 2. The average molecular weight is 412 g/mol. The van der Waals surface area contributed by atoms with E-state index in [1.807, 2.05) is 0 Å². The highest BCUT2D eigenvalue weighted by molar-refractivity contribution is 6.80. The number of rotatable bonds is 2. The zero-order valence-electron chi connectivity index (χ0n) is 17.8. The third kappa shape index (κ3) is 2.09. The van der Waals surface area contributed by atoms with Gasteiger partial charge in [0, 0.05) is 29.1 Å². The Morgan fingerprint density at radius 1 is 0.781 bits per heavy atom. The fraction of sp³-hybridized carbons (Fsp3) is 0.0357. The summed E-state index contributed by atoms with van der Waals surface area (Å²) in [5.41, 5.74) is 9.46. The van der Waals surface area contributed by atoms with E-state index in [0.29, 0.717) is 0 Å². The largest absolute Gasteiger partial charge is 0.635 e. The van der Waals surface area contributed by atoms with E-state index in [0.717, 1.165) is 22.3 Å². The molecule has 0 amide bonds. The van der Waals surface area contributed by atoms with Crippen LogP contribution in [-0.2, 0) is 0 Å². The smallest absolute Gasteiger partial charge is 0.597 e. The molecule has 7 rings (SSSR count). The molecule has 1 atom stereocenters. The molecule has 4 heterocycles. The highest BCUT2D eigenvalue weighted by Crippen LogP contribution is 2.47. The van der Waals surface area contributed by atoms with Crippen molar-refractivity contribution in [3.8, 4) is 17.0 Å². The van der Waals surface area contributed by atoms with Gasteiger partial charge in [-0.2, -0.15) is 0 Å². The third-order valence-corrected chi connectivity index (χ3v) is 7.00. The van der Waals surface area contributed by atoms with Crippen molar-refractivity contribution >= 4 is 23.9 Å². The van der Waals surface area contributed by atoms with Gasteiger partial charge >= 0.3 is 6.62 Å². The summed E-state index contributed by atoms with van der Waals surface area (Å²) in [6, 6.07) is 32.2. The predicted molar refractivity (Wildman–Crippen MR) is 130 cm³/mol. The fourth-order valence-electron chi connectivity index (χ4n) is 5.68. The van der Waals surface area contributed by atoms with Crippen molar-refractivity contribution in [3.05, 3.63) is 126 Å². The molecule has 0 fully saturated rings. The summed E-state index contributed by atoms with van der Waals surface area (Å²) < 4.78 is 11.9. The van der Waals surface area contributed by atoms with Crippen molar-refractivity contribution in [2.75, 3.05) is 0 Å². The van der Waals surface area contributed by atoms with Crippen molar-refractivity contribution in [1.29, 1.82) is 0 Å². The minimum Gasteiger partial charge on any atom is -0.635 e. The van der Waals surface area contributed by atoms with Crippen LogP contribution < -0.4 is 10.1 Å². The maximum Gasteiger partial charge on any atom is 0.597 e. The maximum absolute atomic E-state index is 7.15. The van der Waals surface area contributed by atoms with Crippen LogP contribution in [0.4, 0.5) is 0 Å². The van der Waals surface area contributed by atoms with E-state index in [-0.39, 0.29) is 0 Å². The number of hydrogen-bond acceptors (Lipinski definition) is 1. The van der Waals surface area contributed by atoms with Gasteiger partial charge in [-0.1, -0.05) is 78.3 Å². The molecule has 0 aliphatic carbocycles. The van der Waals surface area contributed by atoms with E-state index < -0.39 is 6.62 Å². The summed E-state index contributed by atoms with van der Waals surface area (Å²) in [5, 5.41) is 0. The first-order valence-electron chi connectivity index (χ1n) is 11.1. The molecule has 3 aromatic carbocycles. The second kappa shape index (κ2) is 6.24. The van der Waals surface area contributed by atoms with Gasteiger partial charge in [0.25, 0.3) is 0 Å². The van der Waals surface area contributed by atoms with Gasteiger partial charge in [-0.15, -0.1) is 0 Å². The van der Waals surface area contributed by atoms with Crippen LogP contribution in [0.3, 0.4) is 0 Å². The van der Waals surface area contributed by atoms with E-state index in [9.17, 15) is 0 Å². The lowest BCUT2D eigenvalue weighted by atomic mass is 9.54. The zero-order valence-corrected chi connectivity index (χ0v) is 17.8. The number of aryl methyl sites for hydroxylation is 1. The molecule has 0 saturated heterocycles. The van der Waals surface area contributed by atoms with Gasteiger partial charge < -0.3 is 13.6 Å². The van der Waals surface area contributed by atoms with Gasteiger partial charge in [0.15, 0.2) is 5.70 Å². The molecule has 0 saturated carbocycles. The molecule has 1 aromatic heterocycles. The van der Waals surface area contributed by atoms with E-state index in [4.69, 9.17) is 4.65 Å². The molecule has 4 aromatic rings. The van der Waals surface area contributed by atoms with Crippen LogP contribution in [0.2, 0.25) is 0 Å². The molecule has 0 unspecified atom stereocenters. The number of aromatic nitrogens is 1.